The van der Waals surface area contributed by atoms with Gasteiger partial charge in [0.1, 0.15) is 6.04 Å². The largest absolute Gasteiger partial charge is 0.481 e. The average Bonchev–Trinajstić information content (AvgIpc) is 3.45. The molecule has 0 bridgehead atoms. The number of aromatic amines is 1. The third-order valence-corrected chi connectivity index (χ3v) is 5.60. The predicted octanol–water partition coefficient (Wildman–Crippen LogP) is -0.765. The number of rotatable bonds is 14. The van der Waals surface area contributed by atoms with Gasteiger partial charge in [0, 0.05) is 44.1 Å². The Bertz CT molecular complexity index is 842. The number of unbranched alkanes of at least 4 members (excludes halogenated alkanes) is 1. The van der Waals surface area contributed by atoms with Gasteiger partial charge in [-0.3, -0.25) is 24.0 Å². The number of imidazole rings is 1. The number of carbonyl (C=O) groups excluding carboxylic acids is 4. The molecule has 1 aliphatic heterocycles. The summed E-state index contributed by atoms with van der Waals surface area (Å²) in [5, 5.41) is 11.4. The summed E-state index contributed by atoms with van der Waals surface area (Å²) in [6.07, 6.45) is 5.41. The number of aromatic nitrogens is 2. The third kappa shape index (κ3) is 8.29. The van der Waals surface area contributed by atoms with Crippen molar-refractivity contribution in [2.45, 2.75) is 75.9 Å². The molecule has 3 atom stereocenters. The molecule has 12 nitrogen and oxygen atoms in total. The van der Waals surface area contributed by atoms with Gasteiger partial charge in [0.25, 0.3) is 0 Å². The molecule has 33 heavy (non-hydrogen) atoms. The molecule has 0 aliphatic carbocycles. The molecule has 2 heterocycles. The highest BCUT2D eigenvalue weighted by Gasteiger charge is 2.37. The van der Waals surface area contributed by atoms with Gasteiger partial charge in [-0.25, -0.2) is 4.98 Å². The smallest absolute Gasteiger partial charge is 0.303 e. The van der Waals surface area contributed by atoms with Gasteiger partial charge in [-0.05, 0) is 32.1 Å². The Labute approximate surface area is 191 Å². The van der Waals surface area contributed by atoms with E-state index in [-0.39, 0.29) is 37.9 Å². The SMILES string of the molecule is NC(=O)CCCCC(=O)[C@@H]1CCCN1C(=O)[C@H](Cc1cnc[nH]1)NC(=O)[C@@H](N)CCC(=O)O. The number of amides is 3. The number of primary amides is 1. The molecule has 12 heteroatoms. The number of aliphatic carboxylic acids is 1. The summed E-state index contributed by atoms with van der Waals surface area (Å²) in [4.78, 5) is 68.5. The van der Waals surface area contributed by atoms with Crippen LogP contribution in [0.3, 0.4) is 0 Å². The molecule has 0 aromatic carbocycles. The molecular weight excluding hydrogens is 432 g/mol. The predicted molar refractivity (Wildman–Crippen MR) is 116 cm³/mol. The summed E-state index contributed by atoms with van der Waals surface area (Å²) in [6, 6.07) is -2.66. The number of hydrogen-bond acceptors (Lipinski definition) is 7. The molecule has 0 unspecified atom stereocenters. The molecule has 1 fully saturated rings. The number of nitrogens with one attached hydrogen (secondary N) is 2. The van der Waals surface area contributed by atoms with E-state index < -0.39 is 41.8 Å². The lowest BCUT2D eigenvalue weighted by molar-refractivity contribution is -0.141. The quantitative estimate of drug-likeness (QED) is 0.221. The van der Waals surface area contributed by atoms with Gasteiger partial charge >= 0.3 is 5.97 Å². The Balaban J connectivity index is 2.05. The van der Waals surface area contributed by atoms with Crippen molar-refractivity contribution in [2.24, 2.45) is 11.5 Å². The fraction of sp³-hybridized carbons (Fsp3) is 0.619. The molecule has 0 spiro atoms. The van der Waals surface area contributed by atoms with E-state index in [1.165, 1.54) is 17.4 Å². The van der Waals surface area contributed by atoms with Gasteiger partial charge < -0.3 is 31.8 Å². The van der Waals surface area contributed by atoms with Crippen LogP contribution in [0, 0.1) is 0 Å². The first-order chi connectivity index (χ1) is 15.7. The van der Waals surface area contributed by atoms with Crippen molar-refractivity contribution in [2.75, 3.05) is 6.54 Å². The van der Waals surface area contributed by atoms with Crippen LogP contribution in [-0.2, 0) is 30.4 Å². The normalized spacial score (nSPS) is 17.4. The van der Waals surface area contributed by atoms with Crippen molar-refractivity contribution in [3.05, 3.63) is 18.2 Å². The lowest BCUT2D eigenvalue weighted by Gasteiger charge is -2.29. The molecule has 7 N–H and O–H groups in total. The number of carbonyl (C=O) groups is 5. The van der Waals surface area contributed by atoms with E-state index in [1.807, 2.05) is 0 Å². The van der Waals surface area contributed by atoms with Crippen LogP contribution in [0.5, 0.6) is 0 Å². The Hall–Kier alpha value is -3.28. The molecule has 1 aromatic heterocycles. The van der Waals surface area contributed by atoms with Gasteiger partial charge in [0.2, 0.25) is 17.7 Å². The minimum absolute atomic E-state index is 0.0672. The molecule has 0 radical (unpaired) electrons. The standard InChI is InChI=1S/C21H32N6O6/c22-14(7-8-19(30)31)20(32)26-15(10-13-11-24-12-25-13)21(33)27-9-3-4-16(27)17(28)5-1-2-6-18(23)29/h11-12,14-16H,1-10,22H2,(H2,23,29)(H,24,25)(H,26,32)(H,30,31)/t14-,15-,16-/m0/s1. The van der Waals surface area contributed by atoms with Crippen LogP contribution < -0.4 is 16.8 Å². The van der Waals surface area contributed by atoms with Crippen LogP contribution in [0.1, 0.15) is 57.1 Å². The highest BCUT2D eigenvalue weighted by atomic mass is 16.4. The van der Waals surface area contributed by atoms with Crippen molar-refractivity contribution in [3.8, 4) is 0 Å². The van der Waals surface area contributed by atoms with Crippen LogP contribution in [0.2, 0.25) is 0 Å². The number of carboxylic acids is 1. The van der Waals surface area contributed by atoms with Crippen molar-refractivity contribution < 1.29 is 29.1 Å². The first kappa shape index (κ1) is 26.0. The maximum atomic E-state index is 13.4. The topological polar surface area (TPSA) is 202 Å². The number of Topliss-reactive ketones (excluding diaryl/α,β-unsaturated/α-hetero) is 1. The summed E-state index contributed by atoms with van der Waals surface area (Å²) in [5.41, 5.74) is 11.5. The second-order valence-electron chi connectivity index (χ2n) is 8.21. The molecule has 182 valence electrons. The van der Waals surface area contributed by atoms with Gasteiger partial charge in [0.15, 0.2) is 5.78 Å². The number of nitrogens with two attached hydrogens (primary N) is 2. The molecule has 3 amide bonds. The van der Waals surface area contributed by atoms with E-state index in [0.29, 0.717) is 37.9 Å². The highest BCUT2D eigenvalue weighted by molar-refractivity contribution is 5.94. The summed E-state index contributed by atoms with van der Waals surface area (Å²) in [6.45, 7) is 0.386. The zero-order valence-electron chi connectivity index (χ0n) is 18.5. The fourth-order valence-corrected chi connectivity index (χ4v) is 3.84. The van der Waals surface area contributed by atoms with Gasteiger partial charge in [-0.1, -0.05) is 0 Å². The summed E-state index contributed by atoms with van der Waals surface area (Å²) in [7, 11) is 0. The Kier molecular flexibility index (Phi) is 9.98. The van der Waals surface area contributed by atoms with Crippen molar-refractivity contribution in [1.82, 2.24) is 20.2 Å². The Morgan fingerprint density at radius 3 is 2.58 bits per heavy atom. The first-order valence-corrected chi connectivity index (χ1v) is 11.1. The zero-order valence-corrected chi connectivity index (χ0v) is 18.5. The van der Waals surface area contributed by atoms with Crippen molar-refractivity contribution >= 4 is 29.5 Å². The molecule has 1 aromatic rings. The number of ketones is 1. The average molecular weight is 465 g/mol. The number of likely N-dealkylation sites (tertiary alicyclic amines) is 1. The maximum Gasteiger partial charge on any atom is 0.303 e. The zero-order chi connectivity index (χ0) is 24.4. The lowest BCUT2D eigenvalue weighted by atomic mass is 10.0. The van der Waals surface area contributed by atoms with E-state index in [2.05, 4.69) is 15.3 Å². The second kappa shape index (κ2) is 12.7. The van der Waals surface area contributed by atoms with Crippen molar-refractivity contribution in [1.29, 1.82) is 0 Å². The molecular formula is C21H32N6O6. The molecule has 1 aliphatic rings. The van der Waals surface area contributed by atoms with Crippen LogP contribution in [0.4, 0.5) is 0 Å². The van der Waals surface area contributed by atoms with Gasteiger partial charge in [-0.2, -0.15) is 0 Å². The molecule has 2 rings (SSSR count). The number of carboxylic acid groups (broad SMARTS) is 1. The van der Waals surface area contributed by atoms with Gasteiger partial charge in [-0.15, -0.1) is 0 Å². The number of nitrogens with zero attached hydrogens (tertiary/aromatic N) is 2. The molecule has 0 saturated carbocycles. The van der Waals surface area contributed by atoms with E-state index >= 15 is 0 Å². The van der Waals surface area contributed by atoms with E-state index in [9.17, 15) is 24.0 Å². The number of H-pyrrole nitrogens is 1. The Morgan fingerprint density at radius 1 is 1.21 bits per heavy atom. The van der Waals surface area contributed by atoms with E-state index in [4.69, 9.17) is 16.6 Å². The minimum Gasteiger partial charge on any atom is -0.481 e. The summed E-state index contributed by atoms with van der Waals surface area (Å²) < 4.78 is 0. The second-order valence-corrected chi connectivity index (χ2v) is 8.21. The van der Waals surface area contributed by atoms with Crippen LogP contribution in [0.25, 0.3) is 0 Å². The maximum absolute atomic E-state index is 13.4. The Morgan fingerprint density at radius 2 is 1.94 bits per heavy atom. The summed E-state index contributed by atoms with van der Waals surface area (Å²) >= 11 is 0. The number of hydrogen-bond donors (Lipinski definition) is 5. The first-order valence-electron chi connectivity index (χ1n) is 11.1. The van der Waals surface area contributed by atoms with Crippen LogP contribution >= 0.6 is 0 Å². The van der Waals surface area contributed by atoms with Gasteiger partial charge in [0.05, 0.1) is 18.4 Å². The van der Waals surface area contributed by atoms with Crippen molar-refractivity contribution in [3.63, 3.8) is 0 Å². The minimum atomic E-state index is -1.08. The molecule has 1 saturated heterocycles. The van der Waals surface area contributed by atoms with Crippen LogP contribution in [0.15, 0.2) is 12.5 Å². The highest BCUT2D eigenvalue weighted by Crippen LogP contribution is 2.22. The summed E-state index contributed by atoms with van der Waals surface area (Å²) in [5.74, 6) is -2.62. The lowest BCUT2D eigenvalue weighted by Crippen LogP contribution is -2.55. The van der Waals surface area contributed by atoms with E-state index in [1.54, 1.807) is 0 Å². The monoisotopic (exact) mass is 464 g/mol. The fourth-order valence-electron chi connectivity index (χ4n) is 3.84. The third-order valence-electron chi connectivity index (χ3n) is 5.60. The van der Waals surface area contributed by atoms with E-state index in [0.717, 1.165) is 0 Å². The van der Waals surface area contributed by atoms with Crippen LogP contribution in [-0.4, -0.2) is 74.1 Å².